The number of esters is 3. The van der Waals surface area contributed by atoms with E-state index in [0.29, 0.717) is 19.3 Å². The highest BCUT2D eigenvalue weighted by Gasteiger charge is 2.19. The second-order valence-electron chi connectivity index (χ2n) is 23.8. The molecule has 0 spiro atoms. The van der Waals surface area contributed by atoms with E-state index >= 15 is 0 Å². The number of carbonyl (C=O) groups is 3. The van der Waals surface area contributed by atoms with Crippen molar-refractivity contribution in [3.8, 4) is 0 Å². The third kappa shape index (κ3) is 64.5. The first-order valence-corrected chi connectivity index (χ1v) is 35.0. The number of allylic oxidation sites excluding steroid dienone is 6. The molecule has 0 heterocycles. The number of hydrogen-bond donors (Lipinski definition) is 0. The summed E-state index contributed by atoms with van der Waals surface area (Å²) in [5.41, 5.74) is 0. The molecule has 0 amide bonds. The number of carbonyl (C=O) groups excluding carboxylic acids is 3. The Hall–Kier alpha value is -2.37. The van der Waals surface area contributed by atoms with E-state index in [4.69, 9.17) is 14.2 Å². The summed E-state index contributed by atoms with van der Waals surface area (Å²) in [5.74, 6) is -0.846. The zero-order valence-electron chi connectivity index (χ0n) is 52.7. The van der Waals surface area contributed by atoms with Crippen molar-refractivity contribution in [3.63, 3.8) is 0 Å². The zero-order chi connectivity index (χ0) is 56.4. The van der Waals surface area contributed by atoms with Gasteiger partial charge < -0.3 is 14.2 Å². The lowest BCUT2D eigenvalue weighted by Crippen LogP contribution is -2.30. The zero-order valence-corrected chi connectivity index (χ0v) is 52.7. The van der Waals surface area contributed by atoms with Crippen LogP contribution in [0.1, 0.15) is 387 Å². The van der Waals surface area contributed by atoms with Gasteiger partial charge in [0.1, 0.15) is 13.2 Å². The number of rotatable bonds is 65. The smallest absolute Gasteiger partial charge is 0.306 e. The van der Waals surface area contributed by atoms with Crippen LogP contribution in [0.4, 0.5) is 0 Å². The maximum atomic E-state index is 13.0. The molecule has 0 radical (unpaired) electrons. The number of ether oxygens (including phenoxy) is 3. The van der Waals surface area contributed by atoms with Crippen molar-refractivity contribution in [2.75, 3.05) is 13.2 Å². The van der Waals surface area contributed by atoms with Gasteiger partial charge in [0.15, 0.2) is 6.10 Å². The second kappa shape index (κ2) is 67.1. The molecule has 0 bridgehead atoms. The molecule has 0 saturated carbocycles. The summed E-state index contributed by atoms with van der Waals surface area (Å²) in [7, 11) is 0. The lowest BCUT2D eigenvalue weighted by atomic mass is 10.0. The molecule has 0 rings (SSSR count). The van der Waals surface area contributed by atoms with Gasteiger partial charge in [-0.1, -0.05) is 327 Å². The van der Waals surface area contributed by atoms with Gasteiger partial charge in [0.2, 0.25) is 0 Å². The normalized spacial score (nSPS) is 12.2. The average molecular weight is 1100 g/mol. The highest BCUT2D eigenvalue weighted by atomic mass is 16.6. The van der Waals surface area contributed by atoms with E-state index in [-0.39, 0.29) is 31.1 Å². The lowest BCUT2D eigenvalue weighted by Gasteiger charge is -2.18. The van der Waals surface area contributed by atoms with E-state index in [0.717, 1.165) is 64.2 Å². The largest absolute Gasteiger partial charge is 0.462 e. The van der Waals surface area contributed by atoms with E-state index < -0.39 is 6.10 Å². The van der Waals surface area contributed by atoms with Crippen LogP contribution in [0.25, 0.3) is 0 Å². The van der Waals surface area contributed by atoms with Gasteiger partial charge in [0, 0.05) is 19.3 Å². The van der Waals surface area contributed by atoms with Gasteiger partial charge in [-0.25, -0.2) is 0 Å². The first kappa shape index (κ1) is 75.6. The summed E-state index contributed by atoms with van der Waals surface area (Å²) in [6, 6.07) is 0. The van der Waals surface area contributed by atoms with Crippen LogP contribution in [0.3, 0.4) is 0 Å². The summed E-state index contributed by atoms with van der Waals surface area (Å²) in [5, 5.41) is 0. The van der Waals surface area contributed by atoms with Gasteiger partial charge in [0.25, 0.3) is 0 Å². The standard InChI is InChI=1S/C72H134O6/c1-4-7-10-13-16-19-22-25-28-31-34-36-38-41-44-47-50-53-56-59-62-65-71(74)77-68-69(67-76-70(73)64-61-58-55-52-49-46-43-40-33-30-27-24-21-18-15-12-9-6-3)78-72(75)66-63-60-57-54-51-48-45-42-39-37-35-32-29-26-23-20-17-14-11-8-5-2/h22,25,31-32,34-35,69H,4-21,23-24,26-30,33,36-68H2,1-3H3/b25-22-,34-31-,35-32-. The Bertz CT molecular complexity index is 1300. The Labute approximate surface area is 486 Å². The van der Waals surface area contributed by atoms with Crippen LogP contribution in [0, 0.1) is 0 Å². The quantitative estimate of drug-likeness (QED) is 0.0261. The molecule has 0 aliphatic rings. The molecule has 0 N–H and O–H groups in total. The van der Waals surface area contributed by atoms with E-state index in [1.54, 1.807) is 0 Å². The van der Waals surface area contributed by atoms with Gasteiger partial charge in [0.05, 0.1) is 0 Å². The average Bonchev–Trinajstić information content (AvgIpc) is 3.44. The van der Waals surface area contributed by atoms with Crippen LogP contribution >= 0.6 is 0 Å². The van der Waals surface area contributed by atoms with E-state index in [9.17, 15) is 14.4 Å². The third-order valence-electron chi connectivity index (χ3n) is 15.9. The minimum Gasteiger partial charge on any atom is -0.462 e. The second-order valence-corrected chi connectivity index (χ2v) is 23.8. The fourth-order valence-electron chi connectivity index (χ4n) is 10.6. The van der Waals surface area contributed by atoms with Crippen molar-refractivity contribution < 1.29 is 28.6 Å². The van der Waals surface area contributed by atoms with Crippen LogP contribution in [0.5, 0.6) is 0 Å². The van der Waals surface area contributed by atoms with Crippen molar-refractivity contribution in [1.82, 2.24) is 0 Å². The Morgan fingerprint density at radius 1 is 0.256 bits per heavy atom. The van der Waals surface area contributed by atoms with Gasteiger partial charge in [-0.05, 0) is 77.0 Å². The highest BCUT2D eigenvalue weighted by molar-refractivity contribution is 5.71. The molecule has 458 valence electrons. The topological polar surface area (TPSA) is 78.9 Å². The molecule has 0 aromatic carbocycles. The SMILES string of the molecule is CCCCCCC/C=C\C/C=C\CCCCCCCCCCCC(=O)OCC(COC(=O)CCCCCCCCCCCCCCCCCCCC)OC(=O)CCCCCCCCCCC/C=C\CCCCCCCCCC. The first-order valence-electron chi connectivity index (χ1n) is 35.0. The van der Waals surface area contributed by atoms with Gasteiger partial charge in [-0.3, -0.25) is 14.4 Å². The number of unbranched alkanes of at least 4 members (excludes halogenated alkanes) is 48. The van der Waals surface area contributed by atoms with Crippen molar-refractivity contribution >= 4 is 17.9 Å². The van der Waals surface area contributed by atoms with E-state index in [1.807, 2.05) is 0 Å². The summed E-state index contributed by atoms with van der Waals surface area (Å²) in [6.07, 6.45) is 83.0. The van der Waals surface area contributed by atoms with E-state index in [1.165, 1.54) is 283 Å². The van der Waals surface area contributed by atoms with Crippen LogP contribution in [-0.4, -0.2) is 37.2 Å². The lowest BCUT2D eigenvalue weighted by molar-refractivity contribution is -0.167. The predicted molar refractivity (Wildman–Crippen MR) is 339 cm³/mol. The van der Waals surface area contributed by atoms with Gasteiger partial charge in [-0.15, -0.1) is 0 Å². The fraction of sp³-hybridized carbons (Fsp3) is 0.875. The Balaban J connectivity index is 4.33. The maximum Gasteiger partial charge on any atom is 0.306 e. The summed E-state index contributed by atoms with van der Waals surface area (Å²) < 4.78 is 17.0. The van der Waals surface area contributed by atoms with Gasteiger partial charge in [-0.2, -0.15) is 0 Å². The molecule has 1 atom stereocenters. The van der Waals surface area contributed by atoms with Crippen LogP contribution in [0.15, 0.2) is 36.5 Å². The minimum absolute atomic E-state index is 0.0693. The molecular weight excluding hydrogens is 961 g/mol. The molecule has 0 saturated heterocycles. The van der Waals surface area contributed by atoms with Crippen molar-refractivity contribution in [2.45, 2.75) is 393 Å². The van der Waals surface area contributed by atoms with Gasteiger partial charge >= 0.3 is 17.9 Å². The number of hydrogen-bond acceptors (Lipinski definition) is 6. The summed E-state index contributed by atoms with van der Waals surface area (Å²) >= 11 is 0. The molecule has 0 aliphatic heterocycles. The molecule has 1 unspecified atom stereocenters. The predicted octanol–water partition coefficient (Wildman–Crippen LogP) is 23.9. The Morgan fingerprint density at radius 3 is 0.718 bits per heavy atom. The monoisotopic (exact) mass is 1100 g/mol. The van der Waals surface area contributed by atoms with Crippen molar-refractivity contribution in [1.29, 1.82) is 0 Å². The fourth-order valence-corrected chi connectivity index (χ4v) is 10.6. The van der Waals surface area contributed by atoms with E-state index in [2.05, 4.69) is 57.2 Å². The Kier molecular flexibility index (Phi) is 65.1. The molecule has 6 nitrogen and oxygen atoms in total. The van der Waals surface area contributed by atoms with Crippen LogP contribution in [-0.2, 0) is 28.6 Å². The molecule has 0 aromatic heterocycles. The molecule has 6 heteroatoms. The molecule has 0 aliphatic carbocycles. The molecular formula is C72H134O6. The molecule has 0 aromatic rings. The van der Waals surface area contributed by atoms with Crippen LogP contribution in [0.2, 0.25) is 0 Å². The van der Waals surface area contributed by atoms with Crippen molar-refractivity contribution in [3.05, 3.63) is 36.5 Å². The summed E-state index contributed by atoms with van der Waals surface area (Å²) in [4.78, 5) is 38.5. The van der Waals surface area contributed by atoms with Crippen molar-refractivity contribution in [2.24, 2.45) is 0 Å². The highest BCUT2D eigenvalue weighted by Crippen LogP contribution is 2.18. The maximum absolute atomic E-state index is 13.0. The third-order valence-corrected chi connectivity index (χ3v) is 15.9. The molecule has 78 heavy (non-hydrogen) atoms. The molecule has 0 fully saturated rings. The van der Waals surface area contributed by atoms with Crippen LogP contribution < -0.4 is 0 Å². The Morgan fingerprint density at radius 2 is 0.462 bits per heavy atom. The summed E-state index contributed by atoms with van der Waals surface area (Å²) in [6.45, 7) is 6.70. The first-order chi connectivity index (χ1) is 38.5. The minimum atomic E-state index is -0.774.